The van der Waals surface area contributed by atoms with E-state index in [1.54, 1.807) is 0 Å². The van der Waals surface area contributed by atoms with Crippen LogP contribution in [0.25, 0.3) is 0 Å². The summed E-state index contributed by atoms with van der Waals surface area (Å²) < 4.78 is 13.2. The van der Waals surface area contributed by atoms with E-state index >= 15 is 0 Å². The van der Waals surface area contributed by atoms with Gasteiger partial charge in [0.25, 0.3) is 0 Å². The molecule has 1 aromatic rings. The van der Waals surface area contributed by atoms with Crippen molar-refractivity contribution in [2.45, 2.75) is 18.6 Å². The molecule has 0 heterocycles. The lowest BCUT2D eigenvalue weighted by atomic mass is 10.0. The van der Waals surface area contributed by atoms with E-state index < -0.39 is 39.9 Å². The Balaban J connectivity index is 3.19. The van der Waals surface area contributed by atoms with Gasteiger partial charge in [-0.2, -0.15) is 0 Å². The topological polar surface area (TPSA) is 104 Å². The van der Waals surface area contributed by atoms with Gasteiger partial charge >= 0.3 is 5.69 Å². The molecule has 1 aromatic carbocycles. The number of aliphatic hydroxyl groups is 2. The first-order valence-corrected chi connectivity index (χ1v) is 6.09. The van der Waals surface area contributed by atoms with Gasteiger partial charge in [-0.25, -0.2) is 4.39 Å². The summed E-state index contributed by atoms with van der Waals surface area (Å²) >= 11 is 3.05. The fourth-order valence-corrected chi connectivity index (χ4v) is 1.92. The third-order valence-electron chi connectivity index (χ3n) is 2.37. The van der Waals surface area contributed by atoms with Crippen LogP contribution in [0.15, 0.2) is 12.1 Å². The normalized spacial score (nSPS) is 14.2. The number of nitrogens with zero attached hydrogens (tertiary/aromatic N) is 1. The molecule has 2 unspecified atom stereocenters. The van der Waals surface area contributed by atoms with Gasteiger partial charge in [0.2, 0.25) is 5.75 Å². The van der Waals surface area contributed by atoms with Crippen molar-refractivity contribution in [2.75, 3.05) is 5.33 Å². The molecule has 0 amide bonds. The molecule has 3 N–H and O–H groups in total. The summed E-state index contributed by atoms with van der Waals surface area (Å²) in [6, 6.07) is 1.30. The first-order chi connectivity index (χ1) is 8.38. The van der Waals surface area contributed by atoms with Crippen molar-refractivity contribution in [3.63, 3.8) is 0 Å². The number of hydrogen-bond donors (Lipinski definition) is 3. The predicted octanol–water partition coefficient (Wildman–Crippen LogP) is 1.62. The number of phenols is 1. The molecule has 0 spiro atoms. The summed E-state index contributed by atoms with van der Waals surface area (Å²) in [5.41, 5.74) is -1.26. The van der Waals surface area contributed by atoms with Crippen LogP contribution in [0.1, 0.15) is 18.1 Å². The molecule has 0 aliphatic rings. The van der Waals surface area contributed by atoms with Gasteiger partial charge in [-0.05, 0) is 12.5 Å². The first-order valence-electron chi connectivity index (χ1n) is 4.97. The molecule has 18 heavy (non-hydrogen) atoms. The number of hydrogen-bond acceptors (Lipinski definition) is 5. The van der Waals surface area contributed by atoms with Gasteiger partial charge in [-0.15, -0.1) is 0 Å². The van der Waals surface area contributed by atoms with Crippen LogP contribution in [0, 0.1) is 15.9 Å². The molecule has 8 heteroatoms. The quantitative estimate of drug-likeness (QED) is 0.434. The molecule has 0 saturated heterocycles. The van der Waals surface area contributed by atoms with Gasteiger partial charge in [0.1, 0.15) is 11.9 Å². The van der Waals surface area contributed by atoms with Crippen molar-refractivity contribution >= 4 is 21.6 Å². The van der Waals surface area contributed by atoms with E-state index in [9.17, 15) is 29.8 Å². The second-order valence-electron chi connectivity index (χ2n) is 3.61. The molecule has 0 aliphatic carbocycles. The molecule has 0 fully saturated rings. The van der Waals surface area contributed by atoms with Crippen LogP contribution in [0.3, 0.4) is 0 Å². The Kier molecular flexibility index (Phi) is 5.00. The van der Waals surface area contributed by atoms with E-state index in [0.717, 1.165) is 6.07 Å². The Morgan fingerprint density at radius 1 is 1.44 bits per heavy atom. The van der Waals surface area contributed by atoms with Crippen molar-refractivity contribution < 1.29 is 24.6 Å². The van der Waals surface area contributed by atoms with Gasteiger partial charge in [0.05, 0.1) is 17.1 Å². The maximum absolute atomic E-state index is 13.2. The second kappa shape index (κ2) is 6.07. The predicted molar refractivity (Wildman–Crippen MR) is 64.1 cm³/mol. The molecule has 0 saturated carbocycles. The standard InChI is InChI=1S/C10H11BrFNO5/c11-2-1-8(14)10(16)6-3-5(12)4-7(9(6)15)13(17)18/h3-4,8,10,14-16H,1-2H2. The van der Waals surface area contributed by atoms with Gasteiger partial charge < -0.3 is 15.3 Å². The number of alkyl halides is 1. The lowest BCUT2D eigenvalue weighted by Gasteiger charge is -2.18. The number of benzene rings is 1. The largest absolute Gasteiger partial charge is 0.502 e. The maximum atomic E-state index is 13.2. The summed E-state index contributed by atoms with van der Waals surface area (Å²) in [5, 5.41) is 39.8. The zero-order valence-corrected chi connectivity index (χ0v) is 10.7. The van der Waals surface area contributed by atoms with Crippen LogP contribution in [-0.4, -0.2) is 31.7 Å². The Morgan fingerprint density at radius 2 is 2.06 bits per heavy atom. The molecule has 0 bridgehead atoms. The van der Waals surface area contributed by atoms with Crippen LogP contribution in [0.5, 0.6) is 5.75 Å². The average Bonchev–Trinajstić information content (AvgIpc) is 2.30. The van der Waals surface area contributed by atoms with Crippen LogP contribution >= 0.6 is 15.9 Å². The summed E-state index contributed by atoms with van der Waals surface area (Å²) in [4.78, 5) is 9.60. The van der Waals surface area contributed by atoms with Gasteiger partial charge in [0.15, 0.2) is 0 Å². The molecule has 0 radical (unpaired) electrons. The lowest BCUT2D eigenvalue weighted by Crippen LogP contribution is -2.19. The number of aliphatic hydroxyl groups excluding tert-OH is 2. The minimum atomic E-state index is -1.60. The Morgan fingerprint density at radius 3 is 2.56 bits per heavy atom. The van der Waals surface area contributed by atoms with Gasteiger partial charge in [-0.3, -0.25) is 10.1 Å². The number of nitro groups is 1. The summed E-state index contributed by atoms with van der Waals surface area (Å²) in [6.07, 6.45) is -2.72. The molecule has 0 aromatic heterocycles. The molecule has 0 aliphatic heterocycles. The average molecular weight is 324 g/mol. The zero-order chi connectivity index (χ0) is 13.9. The van der Waals surface area contributed by atoms with Crippen molar-refractivity contribution in [2.24, 2.45) is 0 Å². The Hall–Kier alpha value is -1.25. The van der Waals surface area contributed by atoms with Crippen molar-refractivity contribution in [3.05, 3.63) is 33.6 Å². The maximum Gasteiger partial charge on any atom is 0.314 e. The van der Waals surface area contributed by atoms with Crippen molar-refractivity contribution in [3.8, 4) is 5.75 Å². The van der Waals surface area contributed by atoms with E-state index in [1.165, 1.54) is 0 Å². The highest BCUT2D eigenvalue weighted by molar-refractivity contribution is 9.09. The highest BCUT2D eigenvalue weighted by Gasteiger charge is 2.27. The summed E-state index contributed by atoms with van der Waals surface area (Å²) in [5.74, 6) is -1.82. The van der Waals surface area contributed by atoms with Crippen LogP contribution in [-0.2, 0) is 0 Å². The van der Waals surface area contributed by atoms with Crippen molar-refractivity contribution in [1.29, 1.82) is 0 Å². The minimum absolute atomic E-state index is 0.144. The highest BCUT2D eigenvalue weighted by Crippen LogP contribution is 2.36. The highest BCUT2D eigenvalue weighted by atomic mass is 79.9. The minimum Gasteiger partial charge on any atom is -0.502 e. The molecular weight excluding hydrogens is 313 g/mol. The zero-order valence-electron chi connectivity index (χ0n) is 9.08. The SMILES string of the molecule is O=[N+]([O-])c1cc(F)cc(C(O)C(O)CCBr)c1O. The molecule has 2 atom stereocenters. The first kappa shape index (κ1) is 14.8. The molecule has 1 rings (SSSR count). The van der Waals surface area contributed by atoms with E-state index in [-0.39, 0.29) is 6.42 Å². The Bertz CT molecular complexity index is 456. The monoisotopic (exact) mass is 323 g/mol. The molecule has 100 valence electrons. The van der Waals surface area contributed by atoms with Crippen molar-refractivity contribution in [1.82, 2.24) is 0 Å². The number of rotatable bonds is 5. The second-order valence-corrected chi connectivity index (χ2v) is 4.40. The third-order valence-corrected chi connectivity index (χ3v) is 2.83. The number of halogens is 2. The third kappa shape index (κ3) is 3.15. The smallest absolute Gasteiger partial charge is 0.314 e. The van der Waals surface area contributed by atoms with Crippen LogP contribution < -0.4 is 0 Å². The van der Waals surface area contributed by atoms with E-state index in [0.29, 0.717) is 11.4 Å². The fraction of sp³-hybridized carbons (Fsp3) is 0.400. The molecule has 6 nitrogen and oxygen atoms in total. The Labute approximate surface area is 110 Å². The van der Waals surface area contributed by atoms with E-state index in [1.807, 2.05) is 0 Å². The van der Waals surface area contributed by atoms with Gasteiger partial charge in [0, 0.05) is 10.9 Å². The van der Waals surface area contributed by atoms with Crippen LogP contribution in [0.2, 0.25) is 0 Å². The van der Waals surface area contributed by atoms with Crippen LogP contribution in [0.4, 0.5) is 10.1 Å². The number of nitro benzene ring substituents is 1. The van der Waals surface area contributed by atoms with E-state index in [4.69, 9.17) is 0 Å². The lowest BCUT2D eigenvalue weighted by molar-refractivity contribution is -0.386. The van der Waals surface area contributed by atoms with E-state index in [2.05, 4.69) is 15.9 Å². The summed E-state index contributed by atoms with van der Waals surface area (Å²) in [6.45, 7) is 0. The number of phenolic OH excluding ortho intramolecular Hbond substituents is 1. The summed E-state index contributed by atoms with van der Waals surface area (Å²) in [7, 11) is 0. The molecular formula is C10H11BrFNO5. The number of aromatic hydroxyl groups is 1. The fourth-order valence-electron chi connectivity index (χ4n) is 1.45. The van der Waals surface area contributed by atoms with Gasteiger partial charge in [-0.1, -0.05) is 15.9 Å².